The van der Waals surface area contributed by atoms with E-state index in [0.29, 0.717) is 6.04 Å². The second kappa shape index (κ2) is 6.60. The Morgan fingerprint density at radius 2 is 2.06 bits per heavy atom. The summed E-state index contributed by atoms with van der Waals surface area (Å²) < 4.78 is 5.28. The molecular formula is C14H30N2OS. The molecule has 3 nitrogen and oxygen atoms in total. The largest absolute Gasteiger partial charge is 0.383 e. The van der Waals surface area contributed by atoms with Crippen LogP contribution in [0.1, 0.15) is 34.1 Å². The van der Waals surface area contributed by atoms with Crippen molar-refractivity contribution in [3.05, 3.63) is 0 Å². The molecule has 1 saturated heterocycles. The summed E-state index contributed by atoms with van der Waals surface area (Å²) in [7, 11) is 1.77. The van der Waals surface area contributed by atoms with Crippen LogP contribution in [0.5, 0.6) is 0 Å². The number of thioether (sulfide) groups is 1. The molecule has 0 radical (unpaired) electrons. The minimum atomic E-state index is 0.0998. The maximum Gasteiger partial charge on any atom is 0.0590 e. The van der Waals surface area contributed by atoms with E-state index in [9.17, 15) is 0 Å². The van der Waals surface area contributed by atoms with Gasteiger partial charge in [-0.25, -0.2) is 0 Å². The quantitative estimate of drug-likeness (QED) is 0.806. The van der Waals surface area contributed by atoms with Gasteiger partial charge in [-0.3, -0.25) is 4.90 Å². The van der Waals surface area contributed by atoms with Crippen LogP contribution in [0.15, 0.2) is 0 Å². The number of ether oxygens (including phenoxy) is 1. The van der Waals surface area contributed by atoms with Crippen LogP contribution in [0, 0.1) is 5.41 Å². The van der Waals surface area contributed by atoms with Gasteiger partial charge < -0.3 is 10.5 Å². The highest BCUT2D eigenvalue weighted by Crippen LogP contribution is 2.46. The summed E-state index contributed by atoms with van der Waals surface area (Å²) >= 11 is 2.05. The average Bonchev–Trinajstić information content (AvgIpc) is 2.31. The fraction of sp³-hybridized carbons (Fsp3) is 1.00. The number of nitrogens with zero attached hydrogens (tertiary/aromatic N) is 1. The standard InChI is InChI=1S/C14H30N2OS/c1-12(2)16(7-8-17-5)14(10-15)11-18-9-6-13(14,3)4/h12H,6-11,15H2,1-5H3. The van der Waals surface area contributed by atoms with Crippen molar-refractivity contribution in [3.63, 3.8) is 0 Å². The summed E-state index contributed by atoms with van der Waals surface area (Å²) in [6, 6.07) is 0.502. The van der Waals surface area contributed by atoms with Crippen LogP contribution < -0.4 is 5.73 Å². The van der Waals surface area contributed by atoms with Crippen molar-refractivity contribution in [2.45, 2.75) is 45.7 Å². The highest BCUT2D eigenvalue weighted by molar-refractivity contribution is 7.99. The maximum atomic E-state index is 6.23. The van der Waals surface area contributed by atoms with Crippen LogP contribution >= 0.6 is 11.8 Å². The van der Waals surface area contributed by atoms with E-state index in [1.54, 1.807) is 7.11 Å². The summed E-state index contributed by atoms with van der Waals surface area (Å²) in [4.78, 5) is 2.57. The molecule has 0 amide bonds. The Hall–Kier alpha value is 0.230. The van der Waals surface area contributed by atoms with E-state index in [2.05, 4.69) is 32.6 Å². The average molecular weight is 274 g/mol. The molecular weight excluding hydrogens is 244 g/mol. The van der Waals surface area contributed by atoms with Gasteiger partial charge in [-0.05, 0) is 31.4 Å². The van der Waals surface area contributed by atoms with Gasteiger partial charge in [0.15, 0.2) is 0 Å². The number of nitrogens with two attached hydrogens (primary N) is 1. The summed E-state index contributed by atoms with van der Waals surface area (Å²) in [5, 5.41) is 0. The molecule has 0 aromatic rings. The highest BCUT2D eigenvalue weighted by Gasteiger charge is 2.50. The molecule has 1 aliphatic heterocycles. The normalized spacial score (nSPS) is 28.0. The third-order valence-corrected chi connectivity index (χ3v) is 5.69. The smallest absolute Gasteiger partial charge is 0.0590 e. The fourth-order valence-corrected chi connectivity index (χ4v) is 4.89. The summed E-state index contributed by atoms with van der Waals surface area (Å²) in [6.45, 7) is 11.8. The Morgan fingerprint density at radius 1 is 1.39 bits per heavy atom. The SMILES string of the molecule is COCCN(C(C)C)C1(CN)CSCCC1(C)C. The Balaban J connectivity index is 3.00. The van der Waals surface area contributed by atoms with E-state index in [-0.39, 0.29) is 11.0 Å². The van der Waals surface area contributed by atoms with Crippen LogP contribution in [0.4, 0.5) is 0 Å². The molecule has 1 rings (SSSR count). The third-order valence-electron chi connectivity index (χ3n) is 4.52. The van der Waals surface area contributed by atoms with Crippen LogP contribution in [-0.4, -0.2) is 54.8 Å². The van der Waals surface area contributed by atoms with Crippen LogP contribution in [-0.2, 0) is 4.74 Å². The molecule has 0 aromatic heterocycles. The molecule has 1 unspecified atom stereocenters. The lowest BCUT2D eigenvalue weighted by Crippen LogP contribution is -2.67. The van der Waals surface area contributed by atoms with Gasteiger partial charge in [0.05, 0.1) is 6.61 Å². The molecule has 18 heavy (non-hydrogen) atoms. The Labute approximate surface area is 117 Å². The second-order valence-corrected chi connectivity index (χ2v) is 7.31. The molecule has 0 bridgehead atoms. The van der Waals surface area contributed by atoms with E-state index in [0.717, 1.165) is 25.4 Å². The zero-order valence-electron chi connectivity index (χ0n) is 12.7. The molecule has 0 saturated carbocycles. The van der Waals surface area contributed by atoms with Gasteiger partial charge in [-0.2, -0.15) is 11.8 Å². The Morgan fingerprint density at radius 3 is 2.50 bits per heavy atom. The van der Waals surface area contributed by atoms with Gasteiger partial charge in [0.1, 0.15) is 0 Å². The molecule has 1 heterocycles. The molecule has 1 fully saturated rings. The first-order valence-corrected chi connectivity index (χ1v) is 8.10. The minimum Gasteiger partial charge on any atom is -0.383 e. The van der Waals surface area contributed by atoms with Crippen LogP contribution in [0.25, 0.3) is 0 Å². The lowest BCUT2D eigenvalue weighted by Gasteiger charge is -2.57. The number of hydrogen-bond acceptors (Lipinski definition) is 4. The van der Waals surface area contributed by atoms with Gasteiger partial charge in [0, 0.05) is 37.5 Å². The molecule has 0 spiro atoms. The predicted molar refractivity (Wildman–Crippen MR) is 81.2 cm³/mol. The summed E-state index contributed by atoms with van der Waals surface area (Å²) in [5.41, 5.74) is 6.60. The topological polar surface area (TPSA) is 38.5 Å². The molecule has 2 N–H and O–H groups in total. The van der Waals surface area contributed by atoms with Crippen molar-refractivity contribution in [2.75, 3.05) is 38.3 Å². The second-order valence-electron chi connectivity index (χ2n) is 6.20. The first-order valence-electron chi connectivity index (χ1n) is 6.95. The van der Waals surface area contributed by atoms with Crippen LogP contribution in [0.3, 0.4) is 0 Å². The first-order chi connectivity index (χ1) is 8.41. The highest BCUT2D eigenvalue weighted by atomic mass is 32.2. The lowest BCUT2D eigenvalue weighted by atomic mass is 9.69. The van der Waals surface area contributed by atoms with E-state index < -0.39 is 0 Å². The Bertz CT molecular complexity index is 258. The number of methoxy groups -OCH3 is 1. The molecule has 0 aliphatic carbocycles. The number of hydrogen-bond donors (Lipinski definition) is 1. The van der Waals surface area contributed by atoms with Gasteiger partial charge in [-0.1, -0.05) is 13.8 Å². The maximum absolute atomic E-state index is 6.23. The van der Waals surface area contributed by atoms with Crippen molar-refractivity contribution < 1.29 is 4.74 Å². The van der Waals surface area contributed by atoms with E-state index in [1.165, 1.54) is 12.2 Å². The van der Waals surface area contributed by atoms with E-state index in [4.69, 9.17) is 10.5 Å². The van der Waals surface area contributed by atoms with Crippen molar-refractivity contribution in [1.29, 1.82) is 0 Å². The van der Waals surface area contributed by atoms with Gasteiger partial charge >= 0.3 is 0 Å². The fourth-order valence-electron chi connectivity index (χ4n) is 3.08. The van der Waals surface area contributed by atoms with Crippen molar-refractivity contribution in [2.24, 2.45) is 11.1 Å². The molecule has 1 atom stereocenters. The summed E-state index contributed by atoms with van der Waals surface area (Å²) in [6.07, 6.45) is 1.24. The van der Waals surface area contributed by atoms with Crippen molar-refractivity contribution >= 4 is 11.8 Å². The van der Waals surface area contributed by atoms with Crippen molar-refractivity contribution in [1.82, 2.24) is 4.90 Å². The van der Waals surface area contributed by atoms with E-state index >= 15 is 0 Å². The zero-order chi connectivity index (χ0) is 13.8. The minimum absolute atomic E-state index is 0.0998. The van der Waals surface area contributed by atoms with Gasteiger partial charge in [-0.15, -0.1) is 0 Å². The molecule has 4 heteroatoms. The summed E-state index contributed by atoms with van der Waals surface area (Å²) in [5.74, 6) is 2.39. The number of rotatable bonds is 6. The Kier molecular flexibility index (Phi) is 5.97. The van der Waals surface area contributed by atoms with E-state index in [1.807, 2.05) is 11.8 Å². The van der Waals surface area contributed by atoms with Gasteiger partial charge in [0.25, 0.3) is 0 Å². The lowest BCUT2D eigenvalue weighted by molar-refractivity contribution is -0.0316. The molecule has 1 aliphatic rings. The predicted octanol–water partition coefficient (Wildman–Crippen LogP) is 2.20. The molecule has 108 valence electrons. The third kappa shape index (κ3) is 3.03. The van der Waals surface area contributed by atoms with Gasteiger partial charge in [0.2, 0.25) is 0 Å². The molecule has 0 aromatic carbocycles. The monoisotopic (exact) mass is 274 g/mol. The van der Waals surface area contributed by atoms with Crippen molar-refractivity contribution in [3.8, 4) is 0 Å². The zero-order valence-corrected chi connectivity index (χ0v) is 13.5. The van der Waals surface area contributed by atoms with Crippen LogP contribution in [0.2, 0.25) is 0 Å². The first kappa shape index (κ1) is 16.3.